The average Bonchev–Trinajstić information content (AvgIpc) is 2.96. The minimum atomic E-state index is 0.376. The van der Waals surface area contributed by atoms with E-state index in [1.807, 2.05) is 18.7 Å². The van der Waals surface area contributed by atoms with Gasteiger partial charge in [-0.3, -0.25) is 9.48 Å². The molecule has 0 radical (unpaired) electrons. The summed E-state index contributed by atoms with van der Waals surface area (Å²) in [6, 6.07) is 4.31. The number of nitrogens with zero attached hydrogens (tertiary/aromatic N) is 4. The maximum absolute atomic E-state index is 12.6. The molecule has 1 aliphatic carbocycles. The van der Waals surface area contributed by atoms with Crippen LogP contribution < -0.4 is 0 Å². The Morgan fingerprint density at radius 1 is 1.12 bits per heavy atom. The lowest BCUT2D eigenvalue weighted by Gasteiger charge is -2.33. The van der Waals surface area contributed by atoms with Crippen LogP contribution in [0.2, 0.25) is 0 Å². The molecular formula is C21H30N4O. The maximum Gasteiger partial charge on any atom is 0.222 e. The highest BCUT2D eigenvalue weighted by Gasteiger charge is 2.27. The van der Waals surface area contributed by atoms with E-state index in [2.05, 4.69) is 22.1 Å². The number of carbonyl (C=O) groups excluding carboxylic acids is 1. The van der Waals surface area contributed by atoms with E-state index in [1.54, 1.807) is 0 Å². The van der Waals surface area contributed by atoms with Gasteiger partial charge in [0.15, 0.2) is 5.65 Å². The van der Waals surface area contributed by atoms with Gasteiger partial charge in [-0.25, -0.2) is 4.98 Å². The maximum atomic E-state index is 12.6. The molecule has 0 aromatic carbocycles. The molecule has 5 heteroatoms. The lowest BCUT2D eigenvalue weighted by atomic mass is 9.86. The van der Waals surface area contributed by atoms with Crippen molar-refractivity contribution in [3.8, 4) is 0 Å². The molecule has 0 bridgehead atoms. The molecule has 1 aliphatic heterocycles. The van der Waals surface area contributed by atoms with Gasteiger partial charge in [-0.05, 0) is 50.7 Å². The van der Waals surface area contributed by atoms with E-state index >= 15 is 0 Å². The summed E-state index contributed by atoms with van der Waals surface area (Å²) in [4.78, 5) is 19.6. The van der Waals surface area contributed by atoms with Gasteiger partial charge in [0.05, 0.1) is 5.69 Å². The summed E-state index contributed by atoms with van der Waals surface area (Å²) in [5.41, 5.74) is 3.15. The number of aryl methyl sites for hydroxylation is 2. The van der Waals surface area contributed by atoms with Gasteiger partial charge in [-0.1, -0.05) is 19.3 Å². The van der Waals surface area contributed by atoms with E-state index in [4.69, 9.17) is 4.98 Å². The molecule has 2 aromatic rings. The largest absolute Gasteiger partial charge is 0.343 e. The molecule has 2 aromatic heterocycles. The van der Waals surface area contributed by atoms with Crippen LogP contribution in [0.5, 0.6) is 0 Å². The zero-order valence-electron chi connectivity index (χ0n) is 16.1. The third-order valence-electron chi connectivity index (χ3n) is 6.35. The van der Waals surface area contributed by atoms with Crippen molar-refractivity contribution < 1.29 is 4.79 Å². The van der Waals surface area contributed by atoms with E-state index in [0.717, 1.165) is 54.8 Å². The first-order valence-electron chi connectivity index (χ1n) is 10.2. The molecule has 26 heavy (non-hydrogen) atoms. The molecule has 2 aliphatic rings. The van der Waals surface area contributed by atoms with Crippen molar-refractivity contribution in [3.05, 3.63) is 23.5 Å². The summed E-state index contributed by atoms with van der Waals surface area (Å²) >= 11 is 0. The van der Waals surface area contributed by atoms with Crippen molar-refractivity contribution in [3.63, 3.8) is 0 Å². The minimum absolute atomic E-state index is 0.376. The van der Waals surface area contributed by atoms with Crippen molar-refractivity contribution in [2.24, 2.45) is 13.0 Å². The van der Waals surface area contributed by atoms with Crippen LogP contribution in [0.15, 0.2) is 12.1 Å². The van der Waals surface area contributed by atoms with E-state index in [9.17, 15) is 4.79 Å². The third-order valence-corrected chi connectivity index (χ3v) is 6.35. The van der Waals surface area contributed by atoms with E-state index in [1.165, 1.54) is 32.1 Å². The lowest BCUT2D eigenvalue weighted by Crippen LogP contribution is -2.39. The first-order chi connectivity index (χ1) is 12.6. The SMILES string of the molecule is Cc1nn(C)c2nc(C3CCN(C(=O)CC4CCCCC4)CC3)ccc12. The smallest absolute Gasteiger partial charge is 0.222 e. The number of piperidine rings is 1. The minimum Gasteiger partial charge on any atom is -0.343 e. The topological polar surface area (TPSA) is 51.0 Å². The molecule has 0 N–H and O–H groups in total. The Morgan fingerprint density at radius 3 is 2.58 bits per heavy atom. The third kappa shape index (κ3) is 3.49. The van der Waals surface area contributed by atoms with E-state index in [-0.39, 0.29) is 0 Å². The number of carbonyl (C=O) groups is 1. The second-order valence-electron chi connectivity index (χ2n) is 8.18. The van der Waals surface area contributed by atoms with E-state index in [0.29, 0.717) is 17.7 Å². The Hall–Kier alpha value is -1.91. The van der Waals surface area contributed by atoms with Gasteiger partial charge in [-0.2, -0.15) is 5.10 Å². The van der Waals surface area contributed by atoms with Crippen molar-refractivity contribution >= 4 is 16.9 Å². The standard InChI is InChI=1S/C21H30N4O/c1-15-18-8-9-19(22-21(18)24(2)23-15)17-10-12-25(13-11-17)20(26)14-16-6-4-3-5-7-16/h8-9,16-17H,3-7,10-14H2,1-2H3. The van der Waals surface area contributed by atoms with Crippen LogP contribution in [0.25, 0.3) is 11.0 Å². The molecule has 1 saturated heterocycles. The molecule has 4 rings (SSSR count). The van der Waals surface area contributed by atoms with Crippen LogP contribution in [0.3, 0.4) is 0 Å². The van der Waals surface area contributed by atoms with Crippen LogP contribution in [0.4, 0.5) is 0 Å². The molecule has 2 fully saturated rings. The van der Waals surface area contributed by atoms with Crippen LogP contribution in [0, 0.1) is 12.8 Å². The molecule has 0 atom stereocenters. The summed E-state index contributed by atoms with van der Waals surface area (Å²) in [6.07, 6.45) is 9.26. The van der Waals surface area contributed by atoms with Gasteiger partial charge in [0.1, 0.15) is 0 Å². The molecule has 0 spiro atoms. The highest BCUT2D eigenvalue weighted by molar-refractivity contribution is 5.78. The number of fused-ring (bicyclic) bond motifs is 1. The Morgan fingerprint density at radius 2 is 1.85 bits per heavy atom. The predicted octanol–water partition coefficient (Wildman–Crippen LogP) is 3.95. The summed E-state index contributed by atoms with van der Waals surface area (Å²) in [6.45, 7) is 3.78. The first-order valence-corrected chi connectivity index (χ1v) is 10.2. The number of hydrogen-bond acceptors (Lipinski definition) is 3. The van der Waals surface area contributed by atoms with Crippen molar-refractivity contribution in [1.29, 1.82) is 0 Å². The molecule has 3 heterocycles. The number of amides is 1. The first kappa shape index (κ1) is 17.5. The summed E-state index contributed by atoms with van der Waals surface area (Å²) < 4.78 is 1.87. The normalized spacial score (nSPS) is 20.0. The number of aromatic nitrogens is 3. The molecule has 5 nitrogen and oxygen atoms in total. The Balaban J connectivity index is 1.37. The Bertz CT molecular complexity index is 783. The van der Waals surface area contributed by atoms with Crippen LogP contribution in [-0.2, 0) is 11.8 Å². The number of rotatable bonds is 3. The fourth-order valence-electron chi connectivity index (χ4n) is 4.74. The highest BCUT2D eigenvalue weighted by Crippen LogP contribution is 2.31. The monoisotopic (exact) mass is 354 g/mol. The van der Waals surface area contributed by atoms with Crippen molar-refractivity contribution in [1.82, 2.24) is 19.7 Å². The van der Waals surface area contributed by atoms with Crippen LogP contribution in [-0.4, -0.2) is 38.7 Å². The second kappa shape index (κ2) is 7.37. The number of pyridine rings is 1. The number of hydrogen-bond donors (Lipinski definition) is 0. The molecule has 0 unspecified atom stereocenters. The van der Waals surface area contributed by atoms with Gasteiger partial charge in [0, 0.05) is 43.6 Å². The molecule has 1 saturated carbocycles. The zero-order valence-corrected chi connectivity index (χ0v) is 16.1. The summed E-state index contributed by atoms with van der Waals surface area (Å²) in [7, 11) is 1.96. The number of likely N-dealkylation sites (tertiary alicyclic amines) is 1. The van der Waals surface area contributed by atoms with Crippen molar-refractivity contribution in [2.45, 2.75) is 64.2 Å². The van der Waals surface area contributed by atoms with E-state index < -0.39 is 0 Å². The van der Waals surface area contributed by atoms with Gasteiger partial charge in [0.25, 0.3) is 0 Å². The molecular weight excluding hydrogens is 324 g/mol. The summed E-state index contributed by atoms with van der Waals surface area (Å²) in [5, 5.41) is 5.60. The quantitative estimate of drug-likeness (QED) is 0.838. The van der Waals surface area contributed by atoms with Gasteiger partial charge in [0.2, 0.25) is 5.91 Å². The van der Waals surface area contributed by atoms with Gasteiger partial charge in [-0.15, -0.1) is 0 Å². The van der Waals surface area contributed by atoms with Gasteiger partial charge >= 0.3 is 0 Å². The lowest BCUT2D eigenvalue weighted by molar-refractivity contribution is -0.133. The molecule has 140 valence electrons. The highest BCUT2D eigenvalue weighted by atomic mass is 16.2. The molecule has 1 amide bonds. The van der Waals surface area contributed by atoms with Gasteiger partial charge < -0.3 is 4.90 Å². The average molecular weight is 354 g/mol. The fraction of sp³-hybridized carbons (Fsp3) is 0.667. The second-order valence-corrected chi connectivity index (χ2v) is 8.18. The zero-order chi connectivity index (χ0) is 18.1. The Labute approximate surface area is 155 Å². The predicted molar refractivity (Wildman–Crippen MR) is 103 cm³/mol. The Kier molecular flexibility index (Phi) is 4.96. The van der Waals surface area contributed by atoms with Crippen molar-refractivity contribution in [2.75, 3.05) is 13.1 Å². The fourth-order valence-corrected chi connectivity index (χ4v) is 4.74. The van der Waals surface area contributed by atoms with Crippen LogP contribution in [0.1, 0.15) is 68.7 Å². The van der Waals surface area contributed by atoms with Crippen LogP contribution >= 0.6 is 0 Å². The summed E-state index contributed by atoms with van der Waals surface area (Å²) in [5.74, 6) is 1.46.